The summed E-state index contributed by atoms with van der Waals surface area (Å²) < 4.78 is 30.6. The molecule has 10 nitrogen and oxygen atoms in total. The molecule has 2 unspecified atom stereocenters. The van der Waals surface area contributed by atoms with E-state index in [-0.39, 0.29) is 50.8 Å². The lowest BCUT2D eigenvalue weighted by molar-refractivity contribution is -0.193. The van der Waals surface area contributed by atoms with Crippen molar-refractivity contribution in [3.8, 4) is 0 Å². The fourth-order valence-corrected chi connectivity index (χ4v) is 7.90. The SMILES string of the molecule is CCCCCCCCCC(=O)OCC(OC(=O)CCCCCCCCC)C(OCCCCN(CC)CC)C(COC(=O)CCCCCCCCC)OC(=O)CCCCCCCCC. The number of carbonyl (C=O) groups excluding carboxylic acids is 4. The third-order valence-corrected chi connectivity index (χ3v) is 12.1. The zero-order valence-corrected chi connectivity index (χ0v) is 42.1. The van der Waals surface area contributed by atoms with E-state index in [4.69, 9.17) is 23.7 Å². The molecule has 0 aromatic heterocycles. The van der Waals surface area contributed by atoms with Gasteiger partial charge in [0.1, 0.15) is 19.3 Å². The Morgan fingerprint density at radius 2 is 0.667 bits per heavy atom. The first kappa shape index (κ1) is 60.8. The van der Waals surface area contributed by atoms with Crippen LogP contribution >= 0.6 is 0 Å². The van der Waals surface area contributed by atoms with Gasteiger partial charge in [0.25, 0.3) is 0 Å². The fourth-order valence-electron chi connectivity index (χ4n) is 7.90. The Morgan fingerprint density at radius 3 is 0.984 bits per heavy atom. The molecule has 0 radical (unpaired) electrons. The van der Waals surface area contributed by atoms with Crippen molar-refractivity contribution in [1.82, 2.24) is 4.90 Å². The van der Waals surface area contributed by atoms with Crippen LogP contribution in [0.15, 0.2) is 0 Å². The minimum atomic E-state index is -1.05. The molecule has 0 aromatic carbocycles. The summed E-state index contributed by atoms with van der Waals surface area (Å²) in [5, 5.41) is 0. The van der Waals surface area contributed by atoms with Crippen LogP contribution in [0, 0.1) is 0 Å². The summed E-state index contributed by atoms with van der Waals surface area (Å²) in [5.74, 6) is -1.53. The van der Waals surface area contributed by atoms with Crippen molar-refractivity contribution in [1.29, 1.82) is 0 Å². The number of carbonyl (C=O) groups is 4. The standard InChI is InChI=1S/C53H101NO9/c1-7-13-17-21-25-29-33-39-49(55)60-45-47(62-51(57)41-35-31-27-23-19-15-9-3)53(59-44-38-37-43-54(11-5)12-6)48(63-52(58)42-36-32-28-24-20-16-10-4)46-61-50(56)40-34-30-26-22-18-14-8-2/h47-48,53H,7-46H2,1-6H3. The number of unbranched alkanes of at least 4 members (excludes halogenated alkanes) is 25. The van der Waals surface area contributed by atoms with Gasteiger partial charge in [-0.05, 0) is 58.2 Å². The average Bonchev–Trinajstić information content (AvgIpc) is 3.28. The van der Waals surface area contributed by atoms with Crippen LogP contribution in [0.1, 0.15) is 260 Å². The summed E-state index contributed by atoms with van der Waals surface area (Å²) in [6, 6.07) is 0. The number of hydrogen-bond donors (Lipinski definition) is 0. The number of rotatable bonds is 48. The van der Waals surface area contributed by atoms with Gasteiger partial charge in [0.2, 0.25) is 0 Å². The molecule has 0 aliphatic heterocycles. The first-order valence-electron chi connectivity index (χ1n) is 26.8. The molecule has 0 aromatic rings. The topological polar surface area (TPSA) is 118 Å². The zero-order valence-electron chi connectivity index (χ0n) is 42.1. The van der Waals surface area contributed by atoms with Crippen molar-refractivity contribution < 1.29 is 42.9 Å². The average molecular weight is 896 g/mol. The molecule has 0 aliphatic carbocycles. The highest BCUT2D eigenvalue weighted by atomic mass is 16.6. The van der Waals surface area contributed by atoms with E-state index in [9.17, 15) is 19.2 Å². The van der Waals surface area contributed by atoms with Gasteiger partial charge in [-0.1, -0.05) is 196 Å². The van der Waals surface area contributed by atoms with Crippen LogP contribution in [-0.4, -0.2) is 86.5 Å². The highest BCUT2D eigenvalue weighted by Crippen LogP contribution is 2.20. The third kappa shape index (κ3) is 38.8. The van der Waals surface area contributed by atoms with E-state index < -0.39 is 30.3 Å². The van der Waals surface area contributed by atoms with E-state index in [0.29, 0.717) is 19.4 Å². The Balaban J connectivity index is 6.29. The van der Waals surface area contributed by atoms with Crippen molar-refractivity contribution in [2.45, 2.75) is 278 Å². The lowest BCUT2D eigenvalue weighted by Gasteiger charge is -2.32. The Morgan fingerprint density at radius 1 is 0.365 bits per heavy atom. The molecular formula is C53H101NO9. The van der Waals surface area contributed by atoms with Crippen LogP contribution in [0.4, 0.5) is 0 Å². The maximum Gasteiger partial charge on any atom is 0.306 e. The molecule has 0 N–H and O–H groups in total. The van der Waals surface area contributed by atoms with Crippen molar-refractivity contribution in [2.75, 3.05) is 39.5 Å². The summed E-state index contributed by atoms with van der Waals surface area (Å²) in [6.07, 6.45) is 29.5. The summed E-state index contributed by atoms with van der Waals surface area (Å²) in [6.45, 7) is 15.8. The maximum atomic E-state index is 13.6. The molecule has 63 heavy (non-hydrogen) atoms. The van der Waals surface area contributed by atoms with Crippen molar-refractivity contribution in [3.05, 3.63) is 0 Å². The molecule has 0 saturated heterocycles. The second-order valence-corrected chi connectivity index (χ2v) is 18.0. The molecule has 0 spiro atoms. The van der Waals surface area contributed by atoms with Crippen LogP contribution in [0.25, 0.3) is 0 Å². The van der Waals surface area contributed by atoms with Crippen molar-refractivity contribution in [3.63, 3.8) is 0 Å². The third-order valence-electron chi connectivity index (χ3n) is 12.1. The number of ether oxygens (including phenoxy) is 5. The number of nitrogens with zero attached hydrogens (tertiary/aromatic N) is 1. The largest absolute Gasteiger partial charge is 0.462 e. The van der Waals surface area contributed by atoms with Crippen LogP contribution in [0.2, 0.25) is 0 Å². The lowest BCUT2D eigenvalue weighted by atomic mass is 10.1. The van der Waals surface area contributed by atoms with E-state index in [0.717, 1.165) is 122 Å². The summed E-state index contributed by atoms with van der Waals surface area (Å²) in [7, 11) is 0. The molecule has 0 aliphatic rings. The van der Waals surface area contributed by atoms with Gasteiger partial charge in [0.05, 0.1) is 0 Å². The Kier molecular flexibility index (Phi) is 44.7. The predicted molar refractivity (Wildman–Crippen MR) is 259 cm³/mol. The molecule has 0 heterocycles. The van der Waals surface area contributed by atoms with Gasteiger partial charge in [-0.3, -0.25) is 19.2 Å². The zero-order chi connectivity index (χ0) is 46.4. The number of hydrogen-bond acceptors (Lipinski definition) is 10. The Hall–Kier alpha value is -2.20. The molecule has 10 heteroatoms. The quantitative estimate of drug-likeness (QED) is 0.0332. The van der Waals surface area contributed by atoms with E-state index in [2.05, 4.69) is 46.4 Å². The fraction of sp³-hybridized carbons (Fsp3) is 0.925. The van der Waals surface area contributed by atoms with Crippen LogP contribution in [-0.2, 0) is 42.9 Å². The maximum absolute atomic E-state index is 13.6. The van der Waals surface area contributed by atoms with Gasteiger partial charge in [-0.15, -0.1) is 0 Å². The highest BCUT2D eigenvalue weighted by Gasteiger charge is 2.38. The monoisotopic (exact) mass is 896 g/mol. The minimum Gasteiger partial charge on any atom is -0.462 e. The second-order valence-electron chi connectivity index (χ2n) is 18.0. The molecule has 0 bridgehead atoms. The van der Waals surface area contributed by atoms with Gasteiger partial charge in [-0.2, -0.15) is 0 Å². The molecule has 0 rings (SSSR count). The van der Waals surface area contributed by atoms with Gasteiger partial charge in [0, 0.05) is 32.3 Å². The minimum absolute atomic E-state index is 0.225. The van der Waals surface area contributed by atoms with Crippen LogP contribution in [0.3, 0.4) is 0 Å². The molecule has 0 amide bonds. The molecule has 0 fully saturated rings. The first-order valence-corrected chi connectivity index (χ1v) is 26.8. The molecule has 0 saturated carbocycles. The smallest absolute Gasteiger partial charge is 0.306 e. The van der Waals surface area contributed by atoms with Crippen LogP contribution < -0.4 is 0 Å². The van der Waals surface area contributed by atoms with Gasteiger partial charge >= 0.3 is 23.9 Å². The highest BCUT2D eigenvalue weighted by molar-refractivity contribution is 5.71. The second kappa shape index (κ2) is 46.3. The summed E-state index contributed by atoms with van der Waals surface area (Å²) in [5.41, 5.74) is 0. The van der Waals surface area contributed by atoms with E-state index in [1.54, 1.807) is 0 Å². The van der Waals surface area contributed by atoms with E-state index >= 15 is 0 Å². The molecule has 2 atom stereocenters. The van der Waals surface area contributed by atoms with E-state index in [1.807, 2.05) is 0 Å². The van der Waals surface area contributed by atoms with Crippen molar-refractivity contribution >= 4 is 23.9 Å². The predicted octanol–water partition coefficient (Wildman–Crippen LogP) is 14.0. The summed E-state index contributed by atoms with van der Waals surface area (Å²) in [4.78, 5) is 55.8. The van der Waals surface area contributed by atoms with Gasteiger partial charge in [0.15, 0.2) is 12.2 Å². The summed E-state index contributed by atoms with van der Waals surface area (Å²) >= 11 is 0. The Labute approximate surface area is 388 Å². The van der Waals surface area contributed by atoms with E-state index in [1.165, 1.54) is 77.0 Å². The van der Waals surface area contributed by atoms with Crippen molar-refractivity contribution in [2.24, 2.45) is 0 Å². The van der Waals surface area contributed by atoms with Gasteiger partial charge < -0.3 is 28.6 Å². The number of esters is 4. The molecule has 372 valence electrons. The molecular weight excluding hydrogens is 795 g/mol. The first-order chi connectivity index (χ1) is 30.8. The van der Waals surface area contributed by atoms with Gasteiger partial charge in [-0.25, -0.2) is 0 Å². The normalized spacial score (nSPS) is 12.9. The Bertz CT molecular complexity index is 982. The van der Waals surface area contributed by atoms with Crippen LogP contribution in [0.5, 0.6) is 0 Å². The lowest BCUT2D eigenvalue weighted by Crippen LogP contribution is -2.49.